The van der Waals surface area contributed by atoms with Crippen LogP contribution >= 0.6 is 34.5 Å². The van der Waals surface area contributed by atoms with Gasteiger partial charge in [0.25, 0.3) is 5.91 Å². The number of carbonyl (C=O) groups excluding carboxylic acids is 2. The quantitative estimate of drug-likeness (QED) is 0.621. The summed E-state index contributed by atoms with van der Waals surface area (Å²) in [7, 11) is 0. The Morgan fingerprint density at radius 2 is 2.10 bits per heavy atom. The number of amides is 1. The van der Waals surface area contributed by atoms with Gasteiger partial charge >= 0.3 is 0 Å². The lowest BCUT2D eigenvalue weighted by atomic mass is 9.74. The molecule has 1 saturated carbocycles. The van der Waals surface area contributed by atoms with Crippen LogP contribution in [0.25, 0.3) is 0 Å². The fraction of sp³-hybridized carbons (Fsp3) is 0.381. The lowest BCUT2D eigenvalue weighted by Crippen LogP contribution is -2.44. The molecule has 0 radical (unpaired) electrons. The number of hydrogen-bond donors (Lipinski definition) is 0. The predicted molar refractivity (Wildman–Crippen MR) is 112 cm³/mol. The second kappa shape index (κ2) is 7.11. The van der Waals surface area contributed by atoms with E-state index in [9.17, 15) is 9.59 Å². The average molecular weight is 449 g/mol. The largest absolute Gasteiger partial charge is 0.483 e. The van der Waals surface area contributed by atoms with Crippen LogP contribution in [0.5, 0.6) is 0 Å². The number of rotatable bonds is 2. The summed E-state index contributed by atoms with van der Waals surface area (Å²) in [6.45, 7) is 2.05. The molecule has 0 bridgehead atoms. The number of thiazole rings is 1. The van der Waals surface area contributed by atoms with Gasteiger partial charge in [-0.1, -0.05) is 30.7 Å². The number of nitrogens with zero attached hydrogens (tertiary/aromatic N) is 2. The van der Waals surface area contributed by atoms with E-state index in [4.69, 9.17) is 27.9 Å². The summed E-state index contributed by atoms with van der Waals surface area (Å²) in [5.41, 5.74) is 1.15. The molecule has 0 saturated heterocycles. The molecule has 1 aliphatic carbocycles. The molecule has 1 fully saturated rings. The van der Waals surface area contributed by atoms with Gasteiger partial charge in [-0.25, -0.2) is 4.98 Å². The third-order valence-corrected chi connectivity index (χ3v) is 7.61. The van der Waals surface area contributed by atoms with Crippen LogP contribution in [0.4, 0.5) is 5.13 Å². The molecule has 1 aromatic heterocycles. The van der Waals surface area contributed by atoms with E-state index < -0.39 is 6.04 Å². The van der Waals surface area contributed by atoms with E-state index in [0.29, 0.717) is 28.6 Å². The number of alkyl halides is 1. The van der Waals surface area contributed by atoms with Crippen molar-refractivity contribution in [2.75, 3.05) is 4.90 Å². The number of Topliss-reactive ketones (excluding diaryl/α,β-unsaturated/α-hetero) is 1. The highest BCUT2D eigenvalue weighted by Gasteiger charge is 2.54. The first-order valence-corrected chi connectivity index (χ1v) is 11.2. The monoisotopic (exact) mass is 448 g/mol. The average Bonchev–Trinajstić information content (AvgIpc) is 3.30. The number of hydrogen-bond acceptors (Lipinski definition) is 5. The number of benzene rings is 1. The van der Waals surface area contributed by atoms with E-state index in [2.05, 4.69) is 11.9 Å². The molecular formula is C21H18Cl2N2O3S. The molecule has 29 heavy (non-hydrogen) atoms. The summed E-state index contributed by atoms with van der Waals surface area (Å²) < 4.78 is 6.18. The van der Waals surface area contributed by atoms with Crippen LogP contribution < -0.4 is 4.90 Å². The van der Waals surface area contributed by atoms with Crippen LogP contribution in [0.3, 0.4) is 0 Å². The van der Waals surface area contributed by atoms with Crippen molar-refractivity contribution in [3.8, 4) is 0 Å². The van der Waals surface area contributed by atoms with Gasteiger partial charge in [-0.15, -0.1) is 22.9 Å². The summed E-state index contributed by atoms with van der Waals surface area (Å²) >= 11 is 14.1. The number of carbonyl (C=O) groups is 2. The van der Waals surface area contributed by atoms with E-state index in [-0.39, 0.29) is 40.8 Å². The minimum Gasteiger partial charge on any atom is -0.483 e. The maximum absolute atomic E-state index is 13.6. The first kappa shape index (κ1) is 19.1. The van der Waals surface area contributed by atoms with Crippen LogP contribution in [-0.4, -0.2) is 28.2 Å². The summed E-state index contributed by atoms with van der Waals surface area (Å²) in [6.07, 6.45) is 2.54. The lowest BCUT2D eigenvalue weighted by Gasteiger charge is -2.39. The van der Waals surface area contributed by atoms with Crippen molar-refractivity contribution in [3.63, 3.8) is 0 Å². The molecule has 3 aliphatic rings. The maximum Gasteiger partial charge on any atom is 0.296 e. The van der Waals surface area contributed by atoms with Gasteiger partial charge < -0.3 is 4.74 Å². The number of aromatic nitrogens is 1. The van der Waals surface area contributed by atoms with Crippen LogP contribution in [0.15, 0.2) is 47.2 Å². The van der Waals surface area contributed by atoms with E-state index in [0.717, 1.165) is 5.56 Å². The molecule has 2 aromatic rings. The summed E-state index contributed by atoms with van der Waals surface area (Å²) in [4.78, 5) is 32.8. The van der Waals surface area contributed by atoms with Crippen molar-refractivity contribution in [3.05, 3.63) is 57.8 Å². The summed E-state index contributed by atoms with van der Waals surface area (Å²) in [6, 6.07) is 6.62. The van der Waals surface area contributed by atoms with Crippen LogP contribution in [0.1, 0.15) is 31.4 Å². The molecule has 5 nitrogen and oxygen atoms in total. The number of anilines is 1. The van der Waals surface area contributed by atoms with Gasteiger partial charge in [0.05, 0.1) is 17.5 Å². The molecule has 3 heterocycles. The molecule has 1 amide bonds. The van der Waals surface area contributed by atoms with Crippen molar-refractivity contribution >= 4 is 51.4 Å². The predicted octanol–water partition coefficient (Wildman–Crippen LogP) is 4.76. The maximum atomic E-state index is 13.6. The van der Waals surface area contributed by atoms with Gasteiger partial charge in [-0.2, -0.15) is 0 Å². The molecule has 5 atom stereocenters. The summed E-state index contributed by atoms with van der Waals surface area (Å²) in [5.74, 6) is -0.337. The fourth-order valence-electron chi connectivity index (χ4n) is 4.54. The van der Waals surface area contributed by atoms with Crippen LogP contribution in [0.2, 0.25) is 5.02 Å². The molecule has 5 unspecified atom stereocenters. The Balaban J connectivity index is 1.64. The van der Waals surface area contributed by atoms with Gasteiger partial charge in [0.1, 0.15) is 6.10 Å². The molecular weight excluding hydrogens is 431 g/mol. The van der Waals surface area contributed by atoms with E-state index in [1.165, 1.54) is 11.3 Å². The minimum atomic E-state index is -0.607. The highest BCUT2D eigenvalue weighted by Crippen LogP contribution is 2.49. The van der Waals surface area contributed by atoms with Gasteiger partial charge in [0, 0.05) is 22.0 Å². The second-order valence-electron chi connectivity index (χ2n) is 7.78. The summed E-state index contributed by atoms with van der Waals surface area (Å²) in [5, 5.41) is 2.79. The Morgan fingerprint density at radius 3 is 2.83 bits per heavy atom. The van der Waals surface area contributed by atoms with Crippen molar-refractivity contribution in [1.82, 2.24) is 4.98 Å². The van der Waals surface area contributed by atoms with Crippen LogP contribution in [-0.2, 0) is 14.3 Å². The molecule has 2 aliphatic heterocycles. The Bertz CT molecular complexity index is 1020. The van der Waals surface area contributed by atoms with Crippen molar-refractivity contribution in [2.45, 2.75) is 37.3 Å². The highest BCUT2D eigenvalue weighted by molar-refractivity contribution is 7.13. The first-order valence-electron chi connectivity index (χ1n) is 9.53. The number of fused-ring (bicyclic) bond motifs is 1. The van der Waals surface area contributed by atoms with Crippen molar-refractivity contribution in [2.24, 2.45) is 11.8 Å². The molecule has 8 heteroatoms. The second-order valence-corrected chi connectivity index (χ2v) is 9.65. The zero-order valence-corrected chi connectivity index (χ0v) is 17.9. The zero-order chi connectivity index (χ0) is 20.3. The normalized spacial score (nSPS) is 31.6. The van der Waals surface area contributed by atoms with Crippen molar-refractivity contribution < 1.29 is 14.3 Å². The van der Waals surface area contributed by atoms with Crippen LogP contribution in [0, 0.1) is 11.8 Å². The van der Waals surface area contributed by atoms with Gasteiger partial charge in [0.15, 0.2) is 16.7 Å². The molecule has 0 N–H and O–H groups in total. The Hall–Kier alpha value is -1.89. The Kier molecular flexibility index (Phi) is 4.68. The molecule has 150 valence electrons. The molecule has 1 aromatic carbocycles. The standard InChI is InChI=1S/C21H18Cl2N2O3S/c1-10-7-15-13(9-14(10)23)18(26)16-17(11-3-2-4-12(22)8-11)25(20(27)19(16)28-15)21-24-5-6-29-21/h2-6,8,10,13-15,17H,7,9H2,1H3. The number of ketones is 1. The van der Waals surface area contributed by atoms with Gasteiger partial charge in [-0.3, -0.25) is 14.5 Å². The fourth-order valence-corrected chi connectivity index (χ4v) is 5.70. The molecule has 5 rings (SSSR count). The van der Waals surface area contributed by atoms with Gasteiger partial charge in [0.2, 0.25) is 0 Å². The lowest BCUT2D eigenvalue weighted by molar-refractivity contribution is -0.132. The van der Waals surface area contributed by atoms with E-state index >= 15 is 0 Å². The first-order chi connectivity index (χ1) is 14.0. The van der Waals surface area contributed by atoms with Gasteiger partial charge in [-0.05, 0) is 36.5 Å². The third kappa shape index (κ3) is 3.00. The zero-order valence-electron chi connectivity index (χ0n) is 15.5. The van der Waals surface area contributed by atoms with E-state index in [1.807, 2.05) is 12.1 Å². The topological polar surface area (TPSA) is 59.5 Å². The SMILES string of the molecule is CC1CC2OC3=C(C(=O)C2CC1Cl)C(c1cccc(Cl)c1)N(c1nccs1)C3=O. The van der Waals surface area contributed by atoms with Crippen molar-refractivity contribution in [1.29, 1.82) is 0 Å². The number of ether oxygens (including phenoxy) is 1. The Labute approximate surface area is 182 Å². The highest BCUT2D eigenvalue weighted by atomic mass is 35.5. The smallest absolute Gasteiger partial charge is 0.296 e. The Morgan fingerprint density at radius 1 is 1.28 bits per heavy atom. The van der Waals surface area contributed by atoms with E-state index in [1.54, 1.807) is 28.6 Å². The number of halogens is 2. The third-order valence-electron chi connectivity index (χ3n) is 6.00. The minimum absolute atomic E-state index is 0.0498. The molecule has 0 spiro atoms.